The molecule has 21 heavy (non-hydrogen) atoms. The van der Waals surface area contributed by atoms with Crippen LogP contribution in [0.4, 0.5) is 10.5 Å². The summed E-state index contributed by atoms with van der Waals surface area (Å²) >= 11 is 0. The molecular formula is C17H26N2O2. The lowest BCUT2D eigenvalue weighted by Gasteiger charge is -2.30. The first-order valence-electron chi connectivity index (χ1n) is 7.69. The van der Waals surface area contributed by atoms with Gasteiger partial charge in [-0.1, -0.05) is 45.7 Å². The number of nitrogens with one attached hydrogen (secondary N) is 1. The van der Waals surface area contributed by atoms with Crippen molar-refractivity contribution in [3.8, 4) is 0 Å². The van der Waals surface area contributed by atoms with Crippen LogP contribution < -0.4 is 11.1 Å². The van der Waals surface area contributed by atoms with Crippen LogP contribution in [-0.2, 0) is 4.74 Å². The van der Waals surface area contributed by atoms with Crippen LogP contribution in [0.5, 0.6) is 0 Å². The predicted molar refractivity (Wildman–Crippen MR) is 85.2 cm³/mol. The van der Waals surface area contributed by atoms with E-state index < -0.39 is 6.09 Å². The Morgan fingerprint density at radius 1 is 1.33 bits per heavy atom. The summed E-state index contributed by atoms with van der Waals surface area (Å²) in [4.78, 5) is 11.2. The molecule has 0 spiro atoms. The Morgan fingerprint density at radius 2 is 2.00 bits per heavy atom. The monoisotopic (exact) mass is 290 g/mol. The van der Waals surface area contributed by atoms with Gasteiger partial charge in [-0.25, -0.2) is 4.79 Å². The molecule has 0 radical (unpaired) electrons. The first-order valence-corrected chi connectivity index (χ1v) is 7.69. The molecule has 0 bridgehead atoms. The first kappa shape index (κ1) is 15.7. The summed E-state index contributed by atoms with van der Waals surface area (Å²) < 4.78 is 5.34. The van der Waals surface area contributed by atoms with E-state index in [9.17, 15) is 4.79 Å². The molecule has 1 saturated carbocycles. The SMILES string of the molecule is CC(C)(C)C(OC(N)=O)c1cccc(NC2CCCC2)c1. The van der Waals surface area contributed by atoms with Gasteiger partial charge in [0.1, 0.15) is 6.10 Å². The lowest BCUT2D eigenvalue weighted by molar-refractivity contribution is 0.0360. The van der Waals surface area contributed by atoms with Gasteiger partial charge >= 0.3 is 6.09 Å². The van der Waals surface area contributed by atoms with Gasteiger partial charge in [0.15, 0.2) is 0 Å². The van der Waals surface area contributed by atoms with Crippen LogP contribution in [0.3, 0.4) is 0 Å². The molecule has 3 N–H and O–H groups in total. The zero-order valence-electron chi connectivity index (χ0n) is 13.2. The van der Waals surface area contributed by atoms with E-state index in [0.29, 0.717) is 6.04 Å². The van der Waals surface area contributed by atoms with Crippen molar-refractivity contribution >= 4 is 11.8 Å². The van der Waals surface area contributed by atoms with E-state index in [4.69, 9.17) is 10.5 Å². The highest BCUT2D eigenvalue weighted by atomic mass is 16.6. The molecule has 4 heteroatoms. The number of benzene rings is 1. The number of amides is 1. The van der Waals surface area contributed by atoms with E-state index in [1.165, 1.54) is 25.7 Å². The minimum Gasteiger partial charge on any atom is -0.441 e. The van der Waals surface area contributed by atoms with Crippen LogP contribution in [0.15, 0.2) is 24.3 Å². The van der Waals surface area contributed by atoms with Gasteiger partial charge in [-0.05, 0) is 30.5 Å². The summed E-state index contributed by atoms with van der Waals surface area (Å²) in [5.41, 5.74) is 7.07. The standard InChI is InChI=1S/C17H26N2O2/c1-17(2,3)15(21-16(18)20)12-7-6-10-14(11-12)19-13-8-4-5-9-13/h6-7,10-11,13,15,19H,4-5,8-9H2,1-3H3,(H2,18,20). The van der Waals surface area contributed by atoms with Crippen LogP contribution in [0.2, 0.25) is 0 Å². The van der Waals surface area contributed by atoms with E-state index in [1.807, 2.05) is 32.9 Å². The quantitative estimate of drug-likeness (QED) is 0.872. The molecule has 0 saturated heterocycles. The Kier molecular flexibility index (Phi) is 4.76. The van der Waals surface area contributed by atoms with Crippen LogP contribution in [0.1, 0.15) is 58.1 Å². The van der Waals surface area contributed by atoms with Crippen molar-refractivity contribution in [1.82, 2.24) is 0 Å². The summed E-state index contributed by atoms with van der Waals surface area (Å²) in [6, 6.07) is 8.67. The third-order valence-corrected chi connectivity index (χ3v) is 3.94. The molecule has 4 nitrogen and oxygen atoms in total. The van der Waals surface area contributed by atoms with Crippen molar-refractivity contribution in [3.63, 3.8) is 0 Å². The van der Waals surface area contributed by atoms with Crippen molar-refractivity contribution in [3.05, 3.63) is 29.8 Å². The highest BCUT2D eigenvalue weighted by molar-refractivity contribution is 5.65. The Balaban J connectivity index is 2.18. The minimum absolute atomic E-state index is 0.207. The van der Waals surface area contributed by atoms with Crippen LogP contribution in [0, 0.1) is 5.41 Å². The summed E-state index contributed by atoms with van der Waals surface area (Å²) in [7, 11) is 0. The van der Waals surface area contributed by atoms with E-state index in [2.05, 4.69) is 17.4 Å². The summed E-state index contributed by atoms with van der Waals surface area (Å²) in [5.74, 6) is 0. The average molecular weight is 290 g/mol. The zero-order valence-corrected chi connectivity index (χ0v) is 13.2. The van der Waals surface area contributed by atoms with Gasteiger partial charge in [0.05, 0.1) is 0 Å². The van der Waals surface area contributed by atoms with Crippen LogP contribution >= 0.6 is 0 Å². The van der Waals surface area contributed by atoms with E-state index in [1.54, 1.807) is 0 Å². The second-order valence-electron chi connectivity index (χ2n) is 6.93. The van der Waals surface area contributed by atoms with Gasteiger partial charge in [-0.2, -0.15) is 0 Å². The van der Waals surface area contributed by atoms with Gasteiger partial charge in [0, 0.05) is 17.1 Å². The Bertz CT molecular complexity index is 488. The summed E-state index contributed by atoms with van der Waals surface area (Å²) in [6.07, 6.45) is 3.97. The van der Waals surface area contributed by atoms with Gasteiger partial charge in [-0.3, -0.25) is 0 Å². The maximum atomic E-state index is 11.2. The summed E-state index contributed by atoms with van der Waals surface area (Å²) in [5, 5.41) is 3.57. The highest BCUT2D eigenvalue weighted by Gasteiger charge is 2.29. The molecule has 0 aromatic heterocycles. The average Bonchev–Trinajstić information content (AvgIpc) is 2.87. The lowest BCUT2D eigenvalue weighted by Crippen LogP contribution is -2.27. The van der Waals surface area contributed by atoms with Gasteiger partial charge < -0.3 is 15.8 Å². The fraction of sp³-hybridized carbons (Fsp3) is 0.588. The number of carbonyl (C=O) groups excluding carboxylic acids is 1. The molecule has 0 aliphatic heterocycles. The molecule has 1 aliphatic carbocycles. The Labute approximate surface area is 127 Å². The molecule has 116 valence electrons. The Morgan fingerprint density at radius 3 is 2.57 bits per heavy atom. The molecule has 1 aromatic rings. The van der Waals surface area contributed by atoms with Crippen molar-refractivity contribution in [2.45, 2.75) is 58.6 Å². The van der Waals surface area contributed by atoms with Crippen LogP contribution in [0.25, 0.3) is 0 Å². The number of nitrogens with two attached hydrogens (primary N) is 1. The molecule has 1 unspecified atom stereocenters. The number of carbonyl (C=O) groups is 1. The first-order chi connectivity index (χ1) is 9.86. The van der Waals surface area contributed by atoms with Crippen LogP contribution in [-0.4, -0.2) is 12.1 Å². The lowest BCUT2D eigenvalue weighted by atomic mass is 9.84. The van der Waals surface area contributed by atoms with Gasteiger partial charge in [0.25, 0.3) is 0 Å². The highest BCUT2D eigenvalue weighted by Crippen LogP contribution is 2.37. The number of primary amides is 1. The van der Waals surface area contributed by atoms with Crippen molar-refractivity contribution in [2.75, 3.05) is 5.32 Å². The largest absolute Gasteiger partial charge is 0.441 e. The molecular weight excluding hydrogens is 264 g/mol. The molecule has 1 aromatic carbocycles. The van der Waals surface area contributed by atoms with Crippen molar-refractivity contribution in [1.29, 1.82) is 0 Å². The molecule has 1 amide bonds. The number of ether oxygens (including phenoxy) is 1. The van der Waals surface area contributed by atoms with E-state index in [-0.39, 0.29) is 11.5 Å². The Hall–Kier alpha value is -1.71. The fourth-order valence-corrected chi connectivity index (χ4v) is 2.96. The zero-order chi connectivity index (χ0) is 15.5. The van der Waals surface area contributed by atoms with Crippen molar-refractivity contribution in [2.24, 2.45) is 11.1 Å². The second-order valence-corrected chi connectivity index (χ2v) is 6.93. The normalized spacial score (nSPS) is 17.5. The maximum absolute atomic E-state index is 11.2. The predicted octanol–water partition coefficient (Wildman–Crippen LogP) is 4.22. The van der Waals surface area contributed by atoms with Gasteiger partial charge in [-0.15, -0.1) is 0 Å². The number of anilines is 1. The number of rotatable bonds is 4. The molecule has 2 rings (SSSR count). The number of hydrogen-bond acceptors (Lipinski definition) is 3. The smallest absolute Gasteiger partial charge is 0.405 e. The maximum Gasteiger partial charge on any atom is 0.405 e. The number of hydrogen-bond donors (Lipinski definition) is 2. The van der Waals surface area contributed by atoms with Crippen molar-refractivity contribution < 1.29 is 9.53 Å². The molecule has 1 aliphatic rings. The topological polar surface area (TPSA) is 64.3 Å². The third kappa shape index (κ3) is 4.38. The van der Waals surface area contributed by atoms with E-state index in [0.717, 1.165) is 11.3 Å². The summed E-state index contributed by atoms with van der Waals surface area (Å²) in [6.45, 7) is 6.12. The minimum atomic E-state index is -0.732. The fourth-order valence-electron chi connectivity index (χ4n) is 2.96. The third-order valence-electron chi connectivity index (χ3n) is 3.94. The van der Waals surface area contributed by atoms with E-state index >= 15 is 0 Å². The molecule has 1 fully saturated rings. The second kappa shape index (κ2) is 6.37. The van der Waals surface area contributed by atoms with Gasteiger partial charge in [0.2, 0.25) is 0 Å². The molecule has 1 atom stereocenters. The molecule has 0 heterocycles.